The van der Waals surface area contributed by atoms with E-state index in [0.717, 1.165) is 45.1 Å². The zero-order chi connectivity index (χ0) is 17.4. The van der Waals surface area contributed by atoms with Gasteiger partial charge in [-0.3, -0.25) is 4.99 Å². The molecule has 0 amide bonds. The number of nitrogens with zero attached hydrogens (tertiary/aromatic N) is 3. The summed E-state index contributed by atoms with van der Waals surface area (Å²) in [4.78, 5) is 8.93. The molecule has 0 saturated carbocycles. The van der Waals surface area contributed by atoms with Crippen LogP contribution in [0.3, 0.4) is 0 Å². The number of hydrogen-bond acceptors (Lipinski definition) is 3. The highest BCUT2D eigenvalue weighted by atomic mass is 127. The summed E-state index contributed by atoms with van der Waals surface area (Å²) < 4.78 is 5.47. The van der Waals surface area contributed by atoms with Gasteiger partial charge in [-0.1, -0.05) is 30.3 Å². The molecule has 1 saturated heterocycles. The summed E-state index contributed by atoms with van der Waals surface area (Å²) in [5.74, 6) is 1.57. The van der Waals surface area contributed by atoms with Crippen molar-refractivity contribution in [3.05, 3.63) is 35.9 Å². The smallest absolute Gasteiger partial charge is 0.193 e. The Morgan fingerprint density at radius 1 is 1.28 bits per heavy atom. The van der Waals surface area contributed by atoms with Crippen LogP contribution in [0.4, 0.5) is 0 Å². The van der Waals surface area contributed by atoms with E-state index < -0.39 is 0 Å². The molecule has 1 aliphatic heterocycles. The van der Waals surface area contributed by atoms with Crippen LogP contribution >= 0.6 is 24.0 Å². The molecule has 0 aliphatic carbocycles. The molecule has 142 valence electrons. The van der Waals surface area contributed by atoms with Gasteiger partial charge in [0.2, 0.25) is 0 Å². The Hall–Kier alpha value is -0.860. The van der Waals surface area contributed by atoms with E-state index in [2.05, 4.69) is 71.6 Å². The number of likely N-dealkylation sites (N-methyl/N-ethyl adjacent to an activating group) is 1. The van der Waals surface area contributed by atoms with Gasteiger partial charge in [-0.15, -0.1) is 24.0 Å². The van der Waals surface area contributed by atoms with Crippen molar-refractivity contribution in [2.45, 2.75) is 18.9 Å². The standard InChI is InChI=1S/C19H32N4O.HI/c1-20-19(23(4)14-17-10-11-24-15-17)21-13-18(22(2)3)12-16-8-6-5-7-9-16;/h5-9,17-18H,10-15H2,1-4H3,(H,20,21);1H. The van der Waals surface area contributed by atoms with Crippen LogP contribution in [-0.4, -0.2) is 76.3 Å². The quantitative estimate of drug-likeness (QED) is 0.385. The van der Waals surface area contributed by atoms with Gasteiger partial charge in [-0.2, -0.15) is 0 Å². The van der Waals surface area contributed by atoms with Crippen LogP contribution in [-0.2, 0) is 11.2 Å². The van der Waals surface area contributed by atoms with Crippen LogP contribution in [0.25, 0.3) is 0 Å². The molecule has 0 radical (unpaired) electrons. The number of ether oxygens (including phenoxy) is 1. The maximum Gasteiger partial charge on any atom is 0.193 e. The lowest BCUT2D eigenvalue weighted by Gasteiger charge is -2.29. The first-order chi connectivity index (χ1) is 11.6. The summed E-state index contributed by atoms with van der Waals surface area (Å²) in [7, 11) is 8.23. The Kier molecular flexibility index (Phi) is 10.4. The Bertz CT molecular complexity index is 503. The minimum absolute atomic E-state index is 0. The first-order valence-corrected chi connectivity index (χ1v) is 8.80. The molecule has 2 atom stereocenters. The SMILES string of the molecule is CN=C(NCC(Cc1ccccc1)N(C)C)N(C)CC1CCOC1.I. The molecule has 0 spiro atoms. The van der Waals surface area contributed by atoms with E-state index in [1.807, 2.05) is 7.05 Å². The van der Waals surface area contributed by atoms with Crippen LogP contribution in [0, 0.1) is 5.92 Å². The van der Waals surface area contributed by atoms with Gasteiger partial charge in [0.15, 0.2) is 5.96 Å². The maximum atomic E-state index is 5.47. The van der Waals surface area contributed by atoms with Crippen molar-refractivity contribution in [2.24, 2.45) is 10.9 Å². The molecule has 1 aromatic carbocycles. The van der Waals surface area contributed by atoms with E-state index >= 15 is 0 Å². The van der Waals surface area contributed by atoms with E-state index in [4.69, 9.17) is 4.74 Å². The molecule has 25 heavy (non-hydrogen) atoms. The second kappa shape index (κ2) is 11.7. The summed E-state index contributed by atoms with van der Waals surface area (Å²) in [6.07, 6.45) is 2.17. The Morgan fingerprint density at radius 2 is 2.00 bits per heavy atom. The number of nitrogens with one attached hydrogen (secondary N) is 1. The summed E-state index contributed by atoms with van der Waals surface area (Å²) in [6, 6.07) is 11.1. The number of rotatable bonds is 7. The molecule has 1 fully saturated rings. The highest BCUT2D eigenvalue weighted by Gasteiger charge is 2.20. The molecule has 2 rings (SSSR count). The third-order valence-electron chi connectivity index (χ3n) is 4.67. The Balaban J connectivity index is 0.00000312. The third-order valence-corrected chi connectivity index (χ3v) is 4.67. The molecule has 0 bridgehead atoms. The maximum absolute atomic E-state index is 5.47. The summed E-state index contributed by atoms with van der Waals surface area (Å²) in [6.45, 7) is 3.63. The van der Waals surface area contributed by atoms with Gasteiger partial charge in [0.1, 0.15) is 0 Å². The number of benzene rings is 1. The predicted molar refractivity (Wildman–Crippen MR) is 116 cm³/mol. The minimum Gasteiger partial charge on any atom is -0.381 e. The molecular weight excluding hydrogens is 427 g/mol. The van der Waals surface area contributed by atoms with Gasteiger partial charge in [0.05, 0.1) is 6.61 Å². The zero-order valence-corrected chi connectivity index (χ0v) is 18.3. The van der Waals surface area contributed by atoms with Crippen molar-refractivity contribution >= 4 is 29.9 Å². The van der Waals surface area contributed by atoms with Crippen LogP contribution < -0.4 is 5.32 Å². The van der Waals surface area contributed by atoms with E-state index in [9.17, 15) is 0 Å². The van der Waals surface area contributed by atoms with Crippen molar-refractivity contribution in [2.75, 3.05) is 54.5 Å². The van der Waals surface area contributed by atoms with Crippen molar-refractivity contribution in [1.82, 2.24) is 15.1 Å². The van der Waals surface area contributed by atoms with Gasteiger partial charge >= 0.3 is 0 Å². The average molecular weight is 460 g/mol. The number of halogens is 1. The zero-order valence-electron chi connectivity index (χ0n) is 15.9. The number of hydrogen-bond donors (Lipinski definition) is 1. The molecule has 1 aromatic rings. The topological polar surface area (TPSA) is 40.1 Å². The van der Waals surface area contributed by atoms with Crippen LogP contribution in [0.2, 0.25) is 0 Å². The van der Waals surface area contributed by atoms with Gasteiger partial charge in [-0.25, -0.2) is 0 Å². The highest BCUT2D eigenvalue weighted by Crippen LogP contribution is 2.13. The highest BCUT2D eigenvalue weighted by molar-refractivity contribution is 14.0. The van der Waals surface area contributed by atoms with Crippen molar-refractivity contribution in [1.29, 1.82) is 0 Å². The molecule has 1 heterocycles. The molecule has 0 aromatic heterocycles. The van der Waals surface area contributed by atoms with Crippen LogP contribution in [0.1, 0.15) is 12.0 Å². The summed E-state index contributed by atoms with van der Waals surface area (Å²) >= 11 is 0. The van der Waals surface area contributed by atoms with E-state index in [0.29, 0.717) is 12.0 Å². The lowest BCUT2D eigenvalue weighted by molar-refractivity contribution is 0.181. The van der Waals surface area contributed by atoms with Crippen LogP contribution in [0.15, 0.2) is 35.3 Å². The van der Waals surface area contributed by atoms with Gasteiger partial charge in [-0.05, 0) is 32.5 Å². The van der Waals surface area contributed by atoms with Crippen LogP contribution in [0.5, 0.6) is 0 Å². The molecular formula is C19H33IN4O. The minimum atomic E-state index is 0. The lowest BCUT2D eigenvalue weighted by Crippen LogP contribution is -2.47. The second-order valence-electron chi connectivity index (χ2n) is 6.85. The van der Waals surface area contributed by atoms with Crippen molar-refractivity contribution in [3.8, 4) is 0 Å². The average Bonchev–Trinajstić information content (AvgIpc) is 3.08. The fourth-order valence-corrected chi connectivity index (χ4v) is 3.12. The van der Waals surface area contributed by atoms with Gasteiger partial charge in [0.25, 0.3) is 0 Å². The Morgan fingerprint density at radius 3 is 2.56 bits per heavy atom. The van der Waals surface area contributed by atoms with Gasteiger partial charge in [0, 0.05) is 45.8 Å². The van der Waals surface area contributed by atoms with E-state index in [1.54, 1.807) is 0 Å². The first-order valence-electron chi connectivity index (χ1n) is 8.80. The molecule has 5 nitrogen and oxygen atoms in total. The number of aliphatic imine (C=N–C) groups is 1. The van der Waals surface area contributed by atoms with Crippen molar-refractivity contribution < 1.29 is 4.74 Å². The Labute approximate surface area is 169 Å². The largest absolute Gasteiger partial charge is 0.381 e. The van der Waals surface area contributed by atoms with Crippen molar-refractivity contribution in [3.63, 3.8) is 0 Å². The fraction of sp³-hybridized carbons (Fsp3) is 0.632. The first kappa shape index (κ1) is 22.2. The second-order valence-corrected chi connectivity index (χ2v) is 6.85. The molecule has 1 N–H and O–H groups in total. The third kappa shape index (κ3) is 7.50. The normalized spacial score (nSPS) is 18.8. The van der Waals surface area contributed by atoms with E-state index in [-0.39, 0.29) is 24.0 Å². The summed E-state index contributed by atoms with van der Waals surface area (Å²) in [5, 5.41) is 3.54. The molecule has 6 heteroatoms. The van der Waals surface area contributed by atoms with Gasteiger partial charge < -0.3 is 19.9 Å². The fourth-order valence-electron chi connectivity index (χ4n) is 3.12. The lowest BCUT2D eigenvalue weighted by atomic mass is 10.1. The number of guanidine groups is 1. The van der Waals surface area contributed by atoms with E-state index in [1.165, 1.54) is 5.56 Å². The summed E-state index contributed by atoms with van der Waals surface area (Å²) in [5.41, 5.74) is 1.37. The monoisotopic (exact) mass is 460 g/mol. The molecule has 1 aliphatic rings. The predicted octanol–water partition coefficient (Wildman–Crippen LogP) is 2.32. The molecule has 2 unspecified atom stereocenters.